The Balaban J connectivity index is 1.78. The van der Waals surface area contributed by atoms with Gasteiger partial charge in [-0.3, -0.25) is 19.4 Å². The molecule has 1 aromatic heterocycles. The van der Waals surface area contributed by atoms with Gasteiger partial charge < -0.3 is 43.2 Å². The number of hydrogen-bond donors (Lipinski definition) is 8. The van der Waals surface area contributed by atoms with Crippen molar-refractivity contribution in [3.8, 4) is 0 Å². The van der Waals surface area contributed by atoms with Gasteiger partial charge in [-0.05, 0) is 54.9 Å². The number of fused-ring (bicyclic) bond motifs is 1. The number of hydrogen-bond acceptors (Lipinski definition) is 7. The molecule has 1 heterocycles. The maximum absolute atomic E-state index is 13.8. The maximum atomic E-state index is 13.8. The smallest absolute Gasteiger partial charge is 0.326 e. The molecule has 14 heteroatoms. The fourth-order valence-corrected chi connectivity index (χ4v) is 5.25. The normalized spacial score (nSPS) is 13.6. The van der Waals surface area contributed by atoms with Gasteiger partial charge in [0.2, 0.25) is 17.7 Å². The summed E-state index contributed by atoms with van der Waals surface area (Å²) in [4.78, 5) is 59.2. The van der Waals surface area contributed by atoms with Gasteiger partial charge in [-0.2, -0.15) is 11.8 Å². The van der Waals surface area contributed by atoms with Crippen molar-refractivity contribution >= 4 is 52.3 Å². The molecule has 11 N–H and O–H groups in total. The molecule has 0 radical (unpaired) electrons. The lowest BCUT2D eigenvalue weighted by molar-refractivity contribution is -0.142. The topological polar surface area (TPSA) is 231 Å². The monoisotopic (exact) mass is 638 g/mol. The van der Waals surface area contributed by atoms with Crippen molar-refractivity contribution in [1.29, 1.82) is 0 Å². The Morgan fingerprint density at radius 2 is 1.51 bits per heavy atom. The molecule has 0 aliphatic carbocycles. The molecule has 0 spiro atoms. The number of carbonyl (C=O) groups excluding carboxylic acids is 3. The van der Waals surface area contributed by atoms with E-state index in [2.05, 4.69) is 25.9 Å². The molecule has 2 aromatic carbocycles. The van der Waals surface area contributed by atoms with E-state index in [0.717, 1.165) is 22.0 Å². The SMILES string of the molecule is CSCCC(NC(=O)C(Cc1c[nH]c2ccccc12)NC(=O)C(N)Cc1ccccc1)C(=O)NC(CCCN=C(N)N)C(=O)O. The molecule has 242 valence electrons. The Kier molecular flexibility index (Phi) is 13.7. The third-order valence-electron chi connectivity index (χ3n) is 7.17. The lowest BCUT2D eigenvalue weighted by Gasteiger charge is -2.25. The summed E-state index contributed by atoms with van der Waals surface area (Å²) in [5.74, 6) is -2.58. The number of H-pyrrole nitrogens is 1. The zero-order valence-corrected chi connectivity index (χ0v) is 26.0. The minimum atomic E-state index is -1.22. The number of carboxylic acid groups (broad SMARTS) is 1. The van der Waals surface area contributed by atoms with E-state index < -0.39 is 47.9 Å². The van der Waals surface area contributed by atoms with Crippen LogP contribution in [0.5, 0.6) is 0 Å². The van der Waals surface area contributed by atoms with Gasteiger partial charge in [0.05, 0.1) is 6.04 Å². The van der Waals surface area contributed by atoms with Crippen molar-refractivity contribution in [3.63, 3.8) is 0 Å². The third-order valence-corrected chi connectivity index (χ3v) is 7.81. The maximum Gasteiger partial charge on any atom is 0.326 e. The summed E-state index contributed by atoms with van der Waals surface area (Å²) in [6.07, 6.45) is 4.66. The lowest BCUT2D eigenvalue weighted by Crippen LogP contribution is -2.57. The van der Waals surface area contributed by atoms with Gasteiger partial charge in [0.25, 0.3) is 0 Å². The van der Waals surface area contributed by atoms with Crippen LogP contribution in [-0.4, -0.2) is 82.5 Å². The van der Waals surface area contributed by atoms with E-state index in [9.17, 15) is 24.3 Å². The third kappa shape index (κ3) is 11.1. The van der Waals surface area contributed by atoms with Gasteiger partial charge in [0.15, 0.2) is 5.96 Å². The minimum Gasteiger partial charge on any atom is -0.480 e. The number of nitrogens with one attached hydrogen (secondary N) is 4. The number of para-hydroxylation sites is 1. The first-order valence-corrected chi connectivity index (χ1v) is 16.0. The number of aromatic amines is 1. The van der Waals surface area contributed by atoms with Crippen LogP contribution in [0.15, 0.2) is 65.8 Å². The first kappa shape index (κ1) is 34.9. The Morgan fingerprint density at radius 3 is 2.20 bits per heavy atom. The fraction of sp³-hybridized carbons (Fsp3) is 0.387. The van der Waals surface area contributed by atoms with Gasteiger partial charge in [0.1, 0.15) is 18.1 Å². The molecule has 0 fully saturated rings. The molecular formula is C31H42N8O5S. The quantitative estimate of drug-likeness (QED) is 0.0554. The molecular weight excluding hydrogens is 596 g/mol. The molecule has 4 unspecified atom stereocenters. The minimum absolute atomic E-state index is 0.0829. The predicted molar refractivity (Wildman–Crippen MR) is 176 cm³/mol. The first-order chi connectivity index (χ1) is 21.6. The number of amides is 3. The van der Waals surface area contributed by atoms with E-state index in [0.29, 0.717) is 12.2 Å². The summed E-state index contributed by atoms with van der Waals surface area (Å²) in [5, 5.41) is 18.7. The lowest BCUT2D eigenvalue weighted by atomic mass is 10.0. The standard InChI is InChI=1S/C31H42N8O5S/c1-45-15-13-24(28(41)38-25(30(43)44)12-7-14-35-31(33)34)37-29(42)26(17-20-18-36-23-11-6-5-10-21(20)23)39-27(40)22(32)16-19-8-3-2-4-9-19/h2-6,8-11,18,22,24-26,36H,7,12-17,32H2,1H3,(H,37,42)(H,38,41)(H,39,40)(H,43,44)(H4,33,34,35). The molecule has 13 nitrogen and oxygen atoms in total. The number of aromatic nitrogens is 1. The summed E-state index contributed by atoms with van der Waals surface area (Å²) in [6, 6.07) is 12.6. The van der Waals surface area contributed by atoms with E-state index in [1.165, 1.54) is 11.8 Å². The summed E-state index contributed by atoms with van der Waals surface area (Å²) in [7, 11) is 0. The Labute approximate surface area is 266 Å². The van der Waals surface area contributed by atoms with Gasteiger partial charge in [0, 0.05) is 30.1 Å². The van der Waals surface area contributed by atoms with Crippen LogP contribution in [0.1, 0.15) is 30.4 Å². The van der Waals surface area contributed by atoms with Crippen LogP contribution in [0.4, 0.5) is 0 Å². The molecule has 0 saturated carbocycles. The van der Waals surface area contributed by atoms with Crippen LogP contribution in [0.2, 0.25) is 0 Å². The van der Waals surface area contributed by atoms with Crippen LogP contribution in [0.25, 0.3) is 10.9 Å². The Hall–Kier alpha value is -4.56. The number of carboxylic acids is 1. The number of carbonyl (C=O) groups is 4. The number of rotatable bonds is 18. The second kappa shape index (κ2) is 17.7. The second-order valence-corrected chi connectivity index (χ2v) is 11.6. The molecule has 3 amide bonds. The van der Waals surface area contributed by atoms with Crippen molar-refractivity contribution < 1.29 is 24.3 Å². The molecule has 0 bridgehead atoms. The number of nitrogens with zero attached hydrogens (tertiary/aromatic N) is 1. The number of nitrogens with two attached hydrogens (primary N) is 3. The average molecular weight is 639 g/mol. The summed E-state index contributed by atoms with van der Waals surface area (Å²) in [6.45, 7) is 0.205. The zero-order valence-electron chi connectivity index (χ0n) is 25.2. The van der Waals surface area contributed by atoms with Crippen molar-refractivity contribution in [2.75, 3.05) is 18.6 Å². The molecule has 0 aliphatic heterocycles. The number of aliphatic imine (C=N–C) groups is 1. The fourth-order valence-electron chi connectivity index (χ4n) is 4.78. The van der Waals surface area contributed by atoms with Gasteiger partial charge in [-0.25, -0.2) is 4.79 Å². The Morgan fingerprint density at radius 1 is 0.867 bits per heavy atom. The molecule has 0 saturated heterocycles. The van der Waals surface area contributed by atoms with Crippen LogP contribution < -0.4 is 33.2 Å². The van der Waals surface area contributed by atoms with E-state index in [1.54, 1.807) is 6.20 Å². The molecule has 45 heavy (non-hydrogen) atoms. The predicted octanol–water partition coefficient (Wildman–Crippen LogP) is 0.626. The molecule has 0 aliphatic rings. The number of thioether (sulfide) groups is 1. The van der Waals surface area contributed by atoms with E-state index in [-0.39, 0.29) is 38.2 Å². The molecule has 3 aromatic rings. The summed E-state index contributed by atoms with van der Waals surface area (Å²) in [5.41, 5.74) is 19.4. The average Bonchev–Trinajstić information content (AvgIpc) is 3.43. The Bertz CT molecular complexity index is 1460. The van der Waals surface area contributed by atoms with E-state index in [4.69, 9.17) is 17.2 Å². The zero-order chi connectivity index (χ0) is 32.8. The molecule has 4 atom stereocenters. The highest BCUT2D eigenvalue weighted by Gasteiger charge is 2.31. The largest absolute Gasteiger partial charge is 0.480 e. The van der Waals surface area contributed by atoms with Crippen molar-refractivity contribution in [1.82, 2.24) is 20.9 Å². The first-order valence-electron chi connectivity index (χ1n) is 14.6. The van der Waals surface area contributed by atoms with Crippen LogP contribution in [0, 0.1) is 0 Å². The van der Waals surface area contributed by atoms with Crippen molar-refractivity contribution in [3.05, 3.63) is 71.9 Å². The number of benzene rings is 2. The number of guanidine groups is 1. The highest BCUT2D eigenvalue weighted by molar-refractivity contribution is 7.98. The highest BCUT2D eigenvalue weighted by atomic mass is 32.2. The summed E-state index contributed by atoms with van der Waals surface area (Å²) < 4.78 is 0. The second-order valence-electron chi connectivity index (χ2n) is 10.6. The van der Waals surface area contributed by atoms with Gasteiger partial charge >= 0.3 is 5.97 Å². The highest BCUT2D eigenvalue weighted by Crippen LogP contribution is 2.19. The van der Waals surface area contributed by atoms with Crippen molar-refractivity contribution in [2.24, 2.45) is 22.2 Å². The van der Waals surface area contributed by atoms with Crippen molar-refractivity contribution in [2.45, 2.75) is 56.3 Å². The number of aliphatic carboxylic acids is 1. The van der Waals surface area contributed by atoms with Crippen LogP contribution in [0.3, 0.4) is 0 Å². The van der Waals surface area contributed by atoms with Gasteiger partial charge in [-0.1, -0.05) is 48.5 Å². The van der Waals surface area contributed by atoms with Crippen LogP contribution in [-0.2, 0) is 32.0 Å². The molecule has 3 rings (SSSR count). The van der Waals surface area contributed by atoms with Gasteiger partial charge in [-0.15, -0.1) is 0 Å². The summed E-state index contributed by atoms with van der Waals surface area (Å²) >= 11 is 1.47. The van der Waals surface area contributed by atoms with Crippen LogP contribution >= 0.6 is 11.8 Å². The van der Waals surface area contributed by atoms with E-state index >= 15 is 0 Å². The van der Waals surface area contributed by atoms with E-state index in [1.807, 2.05) is 60.9 Å².